The SMILES string of the molecule is CCCC1CN=C(Nc2cccc(OC(C)CC)c2)S1. The van der Waals surface area contributed by atoms with Crippen LogP contribution in [0.25, 0.3) is 0 Å². The number of anilines is 1. The molecule has 2 unspecified atom stereocenters. The van der Waals surface area contributed by atoms with Gasteiger partial charge in [-0.3, -0.25) is 4.99 Å². The standard InChI is InChI=1S/C16H24N2OS/c1-4-7-15-11-17-16(20-15)18-13-8-6-9-14(10-13)19-12(3)5-2/h6,8-10,12,15H,4-5,7,11H2,1-3H3,(H,17,18). The van der Waals surface area contributed by atoms with Gasteiger partial charge in [-0.2, -0.15) is 0 Å². The van der Waals surface area contributed by atoms with E-state index in [0.29, 0.717) is 5.25 Å². The van der Waals surface area contributed by atoms with Gasteiger partial charge in [0.05, 0.1) is 12.6 Å². The number of hydrogen-bond donors (Lipinski definition) is 1. The van der Waals surface area contributed by atoms with E-state index in [9.17, 15) is 0 Å². The van der Waals surface area contributed by atoms with Crippen molar-refractivity contribution in [1.82, 2.24) is 0 Å². The number of rotatable bonds is 6. The first-order valence-corrected chi connectivity index (χ1v) is 8.34. The second-order valence-electron chi connectivity index (χ2n) is 5.16. The molecule has 1 N–H and O–H groups in total. The highest BCUT2D eigenvalue weighted by Crippen LogP contribution is 2.27. The maximum Gasteiger partial charge on any atom is 0.161 e. The van der Waals surface area contributed by atoms with Crippen molar-refractivity contribution in [2.75, 3.05) is 11.9 Å². The van der Waals surface area contributed by atoms with Crippen LogP contribution in [0.2, 0.25) is 0 Å². The van der Waals surface area contributed by atoms with E-state index in [1.54, 1.807) is 0 Å². The Labute approximate surface area is 126 Å². The van der Waals surface area contributed by atoms with Crippen LogP contribution in [0.15, 0.2) is 29.3 Å². The predicted molar refractivity (Wildman–Crippen MR) is 89.0 cm³/mol. The van der Waals surface area contributed by atoms with Crippen molar-refractivity contribution in [2.45, 2.75) is 51.4 Å². The molecule has 1 aliphatic rings. The van der Waals surface area contributed by atoms with Gasteiger partial charge in [0.1, 0.15) is 5.75 Å². The van der Waals surface area contributed by atoms with Crippen molar-refractivity contribution >= 4 is 22.6 Å². The number of amidine groups is 1. The lowest BCUT2D eigenvalue weighted by atomic mass is 10.2. The fourth-order valence-electron chi connectivity index (χ4n) is 2.04. The van der Waals surface area contributed by atoms with E-state index in [1.165, 1.54) is 12.8 Å². The zero-order valence-electron chi connectivity index (χ0n) is 12.6. The third kappa shape index (κ3) is 4.44. The molecule has 20 heavy (non-hydrogen) atoms. The topological polar surface area (TPSA) is 33.6 Å². The summed E-state index contributed by atoms with van der Waals surface area (Å²) in [5, 5.41) is 5.07. The van der Waals surface area contributed by atoms with E-state index in [2.05, 4.69) is 37.1 Å². The van der Waals surface area contributed by atoms with Crippen LogP contribution in [0.5, 0.6) is 5.75 Å². The molecule has 0 bridgehead atoms. The van der Waals surface area contributed by atoms with Crippen LogP contribution < -0.4 is 10.1 Å². The summed E-state index contributed by atoms with van der Waals surface area (Å²) in [7, 11) is 0. The van der Waals surface area contributed by atoms with Crippen LogP contribution in [0.1, 0.15) is 40.0 Å². The fourth-order valence-corrected chi connectivity index (χ4v) is 3.19. The highest BCUT2D eigenvalue weighted by Gasteiger charge is 2.18. The van der Waals surface area contributed by atoms with E-state index in [1.807, 2.05) is 30.0 Å². The first-order chi connectivity index (χ1) is 9.71. The van der Waals surface area contributed by atoms with Gasteiger partial charge in [-0.25, -0.2) is 0 Å². The quantitative estimate of drug-likeness (QED) is 0.835. The molecule has 0 saturated heterocycles. The minimum atomic E-state index is 0.248. The predicted octanol–water partition coefficient (Wildman–Crippen LogP) is 4.55. The lowest BCUT2D eigenvalue weighted by molar-refractivity contribution is 0.217. The van der Waals surface area contributed by atoms with Gasteiger partial charge >= 0.3 is 0 Å². The summed E-state index contributed by atoms with van der Waals surface area (Å²) in [5.41, 5.74) is 1.05. The summed E-state index contributed by atoms with van der Waals surface area (Å²) in [6.07, 6.45) is 3.71. The van der Waals surface area contributed by atoms with Crippen molar-refractivity contribution in [3.8, 4) is 5.75 Å². The summed E-state index contributed by atoms with van der Waals surface area (Å²) in [5.74, 6) is 0.915. The summed E-state index contributed by atoms with van der Waals surface area (Å²) in [6, 6.07) is 8.12. The normalized spacial score (nSPS) is 19.6. The second kappa shape index (κ2) is 7.58. The number of aliphatic imine (C=N–C) groups is 1. The van der Waals surface area contributed by atoms with Gasteiger partial charge in [-0.05, 0) is 31.9 Å². The first-order valence-electron chi connectivity index (χ1n) is 7.46. The Kier molecular flexibility index (Phi) is 5.77. The molecule has 1 aliphatic heterocycles. The van der Waals surface area contributed by atoms with Crippen LogP contribution in [0.3, 0.4) is 0 Å². The molecule has 1 heterocycles. The van der Waals surface area contributed by atoms with E-state index in [0.717, 1.165) is 29.6 Å². The minimum Gasteiger partial charge on any atom is -0.491 e. The maximum atomic E-state index is 5.84. The minimum absolute atomic E-state index is 0.248. The molecule has 0 aliphatic carbocycles. The monoisotopic (exact) mass is 292 g/mol. The van der Waals surface area contributed by atoms with Crippen molar-refractivity contribution in [3.63, 3.8) is 0 Å². The molecule has 1 aromatic carbocycles. The number of nitrogens with one attached hydrogen (secondary N) is 1. The molecule has 0 radical (unpaired) electrons. The lowest BCUT2D eigenvalue weighted by Crippen LogP contribution is -2.10. The van der Waals surface area contributed by atoms with E-state index >= 15 is 0 Å². The van der Waals surface area contributed by atoms with E-state index < -0.39 is 0 Å². The lowest BCUT2D eigenvalue weighted by Gasteiger charge is -2.14. The van der Waals surface area contributed by atoms with Gasteiger partial charge in [-0.15, -0.1) is 0 Å². The third-order valence-corrected chi connectivity index (χ3v) is 4.50. The van der Waals surface area contributed by atoms with Crippen molar-refractivity contribution in [3.05, 3.63) is 24.3 Å². The van der Waals surface area contributed by atoms with Gasteiger partial charge in [0.25, 0.3) is 0 Å². The van der Waals surface area contributed by atoms with Crippen molar-refractivity contribution < 1.29 is 4.74 Å². The van der Waals surface area contributed by atoms with Crippen LogP contribution in [-0.2, 0) is 0 Å². The van der Waals surface area contributed by atoms with Gasteiger partial charge < -0.3 is 10.1 Å². The second-order valence-corrected chi connectivity index (χ2v) is 6.45. The summed E-state index contributed by atoms with van der Waals surface area (Å²) in [6.45, 7) is 7.38. The molecular formula is C16H24N2OS. The van der Waals surface area contributed by atoms with Gasteiger partial charge in [0, 0.05) is 17.0 Å². The number of hydrogen-bond acceptors (Lipinski definition) is 4. The number of nitrogens with zero attached hydrogens (tertiary/aromatic N) is 1. The molecule has 0 amide bonds. The Morgan fingerprint density at radius 1 is 1.45 bits per heavy atom. The Hall–Kier alpha value is -1.16. The molecular weight excluding hydrogens is 268 g/mol. The average Bonchev–Trinajstić information content (AvgIpc) is 2.87. The largest absolute Gasteiger partial charge is 0.491 e. The highest BCUT2D eigenvalue weighted by atomic mass is 32.2. The molecule has 110 valence electrons. The Morgan fingerprint density at radius 2 is 2.30 bits per heavy atom. The zero-order chi connectivity index (χ0) is 14.4. The molecule has 3 nitrogen and oxygen atoms in total. The Balaban J connectivity index is 1.92. The van der Waals surface area contributed by atoms with Crippen LogP contribution in [-0.4, -0.2) is 23.1 Å². The zero-order valence-corrected chi connectivity index (χ0v) is 13.4. The third-order valence-electron chi connectivity index (χ3n) is 3.32. The molecule has 0 aromatic heterocycles. The summed E-state index contributed by atoms with van der Waals surface area (Å²) < 4.78 is 5.84. The number of thioether (sulfide) groups is 1. The Bertz CT molecular complexity index is 462. The maximum absolute atomic E-state index is 5.84. The molecule has 0 fully saturated rings. The number of benzene rings is 1. The van der Waals surface area contributed by atoms with E-state index in [4.69, 9.17) is 4.74 Å². The summed E-state index contributed by atoms with van der Waals surface area (Å²) >= 11 is 1.85. The molecule has 0 spiro atoms. The van der Waals surface area contributed by atoms with Crippen molar-refractivity contribution in [1.29, 1.82) is 0 Å². The van der Waals surface area contributed by atoms with Crippen LogP contribution >= 0.6 is 11.8 Å². The van der Waals surface area contributed by atoms with Crippen LogP contribution in [0, 0.1) is 0 Å². The highest BCUT2D eigenvalue weighted by molar-refractivity contribution is 8.15. The summed E-state index contributed by atoms with van der Waals surface area (Å²) in [4.78, 5) is 4.57. The first kappa shape index (κ1) is 15.2. The average molecular weight is 292 g/mol. The van der Waals surface area contributed by atoms with E-state index in [-0.39, 0.29) is 6.10 Å². The molecule has 0 saturated carbocycles. The van der Waals surface area contributed by atoms with Gasteiger partial charge in [0.15, 0.2) is 5.17 Å². The van der Waals surface area contributed by atoms with Crippen LogP contribution in [0.4, 0.5) is 5.69 Å². The van der Waals surface area contributed by atoms with Crippen molar-refractivity contribution in [2.24, 2.45) is 4.99 Å². The smallest absolute Gasteiger partial charge is 0.161 e. The number of ether oxygens (including phenoxy) is 1. The molecule has 1 aromatic rings. The molecule has 4 heteroatoms. The van der Waals surface area contributed by atoms with Gasteiger partial charge in [-0.1, -0.05) is 38.1 Å². The fraction of sp³-hybridized carbons (Fsp3) is 0.562. The molecule has 2 atom stereocenters. The Morgan fingerprint density at radius 3 is 3.05 bits per heavy atom. The molecule has 2 rings (SSSR count). The van der Waals surface area contributed by atoms with Gasteiger partial charge in [0.2, 0.25) is 0 Å².